The second kappa shape index (κ2) is 9.42. The van der Waals surface area contributed by atoms with Crippen molar-refractivity contribution in [3.8, 4) is 5.75 Å². The molecule has 0 saturated heterocycles. The van der Waals surface area contributed by atoms with Gasteiger partial charge in [0.1, 0.15) is 17.0 Å². The zero-order chi connectivity index (χ0) is 24.6. The van der Waals surface area contributed by atoms with Crippen molar-refractivity contribution in [2.24, 2.45) is 0 Å². The molecule has 3 rings (SSSR count). The van der Waals surface area contributed by atoms with E-state index < -0.39 is 49.9 Å². The summed E-state index contributed by atoms with van der Waals surface area (Å²) in [6, 6.07) is 10.6. The van der Waals surface area contributed by atoms with E-state index in [4.69, 9.17) is 11.6 Å². The fraction of sp³-hybridized carbons (Fsp3) is 0.391. The number of nitrogens with zero attached hydrogens (tertiary/aromatic N) is 1. The van der Waals surface area contributed by atoms with Gasteiger partial charge in [0.05, 0.1) is 10.7 Å². The van der Waals surface area contributed by atoms with Gasteiger partial charge in [0.2, 0.25) is 21.6 Å². The van der Waals surface area contributed by atoms with Crippen LogP contribution in [0.2, 0.25) is 5.02 Å². The molecule has 10 heteroatoms. The normalized spacial score (nSPS) is 19.0. The second-order valence-electron chi connectivity index (χ2n) is 8.19. The molecule has 0 aliphatic heterocycles. The van der Waals surface area contributed by atoms with Crippen LogP contribution < -0.4 is 10.6 Å². The standard InChI is InChI=1S/C23H28ClN3O5S/c1-5-23(6-2,14-10-8-7-9-11-14)26-18-17(20(29)21(18)30)25-16-13-12-15(24)22(19(16)28)33(31,32)27(3)4/h7-13,17-18,25-26,28H,5-6H2,1-4H3. The quantitative estimate of drug-likeness (QED) is 0.363. The highest BCUT2D eigenvalue weighted by Gasteiger charge is 2.52. The Balaban J connectivity index is 1.95. The van der Waals surface area contributed by atoms with Gasteiger partial charge >= 0.3 is 0 Å². The maximum atomic E-state index is 12.6. The lowest BCUT2D eigenvalue weighted by atomic mass is 9.77. The molecule has 1 aliphatic carbocycles. The summed E-state index contributed by atoms with van der Waals surface area (Å²) in [5.41, 5.74) is 0.453. The molecule has 1 aliphatic rings. The first-order valence-electron chi connectivity index (χ1n) is 10.6. The van der Waals surface area contributed by atoms with Gasteiger partial charge in [0.25, 0.3) is 0 Å². The minimum atomic E-state index is -4.05. The molecule has 2 aromatic rings. The topological polar surface area (TPSA) is 116 Å². The summed E-state index contributed by atoms with van der Waals surface area (Å²) in [5, 5.41) is 16.8. The number of phenolic OH excluding ortho intramolecular Hbond substituents is 1. The maximum Gasteiger partial charge on any atom is 0.247 e. The van der Waals surface area contributed by atoms with Crippen molar-refractivity contribution in [2.45, 2.75) is 49.2 Å². The fourth-order valence-corrected chi connectivity index (χ4v) is 5.55. The van der Waals surface area contributed by atoms with Crippen LogP contribution in [0.25, 0.3) is 0 Å². The summed E-state index contributed by atoms with van der Waals surface area (Å²) in [5.74, 6) is -1.82. The van der Waals surface area contributed by atoms with E-state index in [1.54, 1.807) is 0 Å². The molecule has 178 valence electrons. The van der Waals surface area contributed by atoms with Crippen LogP contribution in [0.1, 0.15) is 32.3 Å². The number of carbonyl (C=O) groups is 2. The van der Waals surface area contributed by atoms with E-state index in [1.165, 1.54) is 26.2 Å². The van der Waals surface area contributed by atoms with Gasteiger partial charge in [-0.3, -0.25) is 14.9 Å². The molecule has 2 atom stereocenters. The second-order valence-corrected chi connectivity index (χ2v) is 10.7. The van der Waals surface area contributed by atoms with E-state index in [0.717, 1.165) is 9.87 Å². The number of phenols is 1. The van der Waals surface area contributed by atoms with Crippen LogP contribution in [0.3, 0.4) is 0 Å². The molecule has 0 radical (unpaired) electrons. The molecular weight excluding hydrogens is 466 g/mol. The lowest BCUT2D eigenvalue weighted by Crippen LogP contribution is -2.70. The molecule has 1 saturated carbocycles. The molecule has 33 heavy (non-hydrogen) atoms. The van der Waals surface area contributed by atoms with Crippen LogP contribution in [0.15, 0.2) is 47.4 Å². The van der Waals surface area contributed by atoms with Crippen molar-refractivity contribution in [1.82, 2.24) is 9.62 Å². The van der Waals surface area contributed by atoms with Crippen molar-refractivity contribution >= 4 is 38.9 Å². The smallest absolute Gasteiger partial charge is 0.247 e. The number of hydrogen-bond acceptors (Lipinski definition) is 7. The van der Waals surface area contributed by atoms with Gasteiger partial charge in [-0.25, -0.2) is 12.7 Å². The predicted molar refractivity (Wildman–Crippen MR) is 127 cm³/mol. The van der Waals surface area contributed by atoms with Crippen LogP contribution in [0.4, 0.5) is 5.69 Å². The first kappa shape index (κ1) is 25.2. The Bertz CT molecular complexity index is 1160. The molecule has 0 aromatic heterocycles. The summed E-state index contributed by atoms with van der Waals surface area (Å²) in [7, 11) is -1.42. The number of sulfonamides is 1. The number of benzene rings is 2. The number of nitrogens with one attached hydrogen (secondary N) is 2. The summed E-state index contributed by atoms with van der Waals surface area (Å²) >= 11 is 6.06. The average Bonchev–Trinajstić information content (AvgIpc) is 2.80. The highest BCUT2D eigenvalue weighted by atomic mass is 35.5. The van der Waals surface area contributed by atoms with Crippen molar-refractivity contribution < 1.29 is 23.1 Å². The van der Waals surface area contributed by atoms with Crippen molar-refractivity contribution in [3.05, 3.63) is 53.1 Å². The SMILES string of the molecule is CCC(CC)(NC1C(=O)C(=O)C1Nc1ccc(Cl)c(S(=O)(=O)N(C)C)c1O)c1ccccc1. The van der Waals surface area contributed by atoms with Crippen molar-refractivity contribution in [3.63, 3.8) is 0 Å². The van der Waals surface area contributed by atoms with Crippen molar-refractivity contribution in [2.75, 3.05) is 19.4 Å². The lowest BCUT2D eigenvalue weighted by Gasteiger charge is -2.43. The largest absolute Gasteiger partial charge is 0.504 e. The molecule has 0 spiro atoms. The van der Waals surface area contributed by atoms with Crippen LogP contribution in [-0.2, 0) is 25.2 Å². The summed E-state index contributed by atoms with van der Waals surface area (Å²) in [4.78, 5) is 24.5. The Morgan fingerprint density at radius 1 is 1.00 bits per heavy atom. The molecule has 2 aromatic carbocycles. The monoisotopic (exact) mass is 493 g/mol. The summed E-state index contributed by atoms with van der Waals surface area (Å²) < 4.78 is 26.2. The highest BCUT2D eigenvalue weighted by molar-refractivity contribution is 7.89. The van der Waals surface area contributed by atoms with Crippen molar-refractivity contribution in [1.29, 1.82) is 0 Å². The fourth-order valence-electron chi connectivity index (χ4n) is 4.07. The molecule has 1 fully saturated rings. The minimum absolute atomic E-state index is 0.00390. The minimum Gasteiger partial charge on any atom is -0.504 e. The van der Waals surface area contributed by atoms with Crippen LogP contribution in [-0.4, -0.2) is 55.6 Å². The number of ketones is 2. The zero-order valence-corrected chi connectivity index (χ0v) is 20.5. The number of anilines is 1. The molecular formula is C23H28ClN3O5S. The molecule has 0 heterocycles. The first-order valence-corrected chi connectivity index (χ1v) is 12.4. The molecule has 2 unspecified atom stereocenters. The Hall–Kier alpha value is -2.46. The third-order valence-electron chi connectivity index (χ3n) is 6.24. The van der Waals surface area contributed by atoms with Crippen LogP contribution in [0, 0.1) is 0 Å². The van der Waals surface area contributed by atoms with E-state index >= 15 is 0 Å². The number of Topliss-reactive ketones (excluding diaryl/α,β-unsaturated/α-hetero) is 2. The third kappa shape index (κ3) is 4.38. The van der Waals surface area contributed by atoms with Gasteiger partial charge in [-0.2, -0.15) is 0 Å². The number of rotatable bonds is 9. The van der Waals surface area contributed by atoms with E-state index in [9.17, 15) is 23.1 Å². The first-order chi connectivity index (χ1) is 15.5. The Kier molecular flexibility index (Phi) is 7.18. The van der Waals surface area contributed by atoms with Gasteiger partial charge < -0.3 is 10.4 Å². The van der Waals surface area contributed by atoms with Crippen LogP contribution >= 0.6 is 11.6 Å². The number of carbonyl (C=O) groups excluding carboxylic acids is 2. The Morgan fingerprint density at radius 3 is 2.12 bits per heavy atom. The van der Waals surface area contributed by atoms with E-state index in [1.807, 2.05) is 44.2 Å². The van der Waals surface area contributed by atoms with E-state index in [-0.39, 0.29) is 10.7 Å². The molecule has 0 bridgehead atoms. The van der Waals surface area contributed by atoms with Gasteiger partial charge in [0, 0.05) is 19.6 Å². The maximum absolute atomic E-state index is 12.6. The van der Waals surface area contributed by atoms with Gasteiger partial charge in [0.15, 0.2) is 5.75 Å². The van der Waals surface area contributed by atoms with Crippen LogP contribution in [0.5, 0.6) is 5.75 Å². The number of aromatic hydroxyl groups is 1. The van der Waals surface area contributed by atoms with Gasteiger partial charge in [-0.05, 0) is 30.5 Å². The molecule has 0 amide bonds. The lowest BCUT2D eigenvalue weighted by molar-refractivity contribution is -0.146. The Labute approximate surface area is 199 Å². The third-order valence-corrected chi connectivity index (χ3v) is 8.56. The highest BCUT2D eigenvalue weighted by Crippen LogP contribution is 2.39. The Morgan fingerprint density at radius 2 is 1.58 bits per heavy atom. The summed E-state index contributed by atoms with van der Waals surface area (Å²) in [6.45, 7) is 4.00. The molecule has 3 N–H and O–H groups in total. The molecule has 8 nitrogen and oxygen atoms in total. The number of halogens is 1. The zero-order valence-electron chi connectivity index (χ0n) is 18.9. The van der Waals surface area contributed by atoms with Gasteiger partial charge in [-0.15, -0.1) is 0 Å². The summed E-state index contributed by atoms with van der Waals surface area (Å²) in [6.07, 6.45) is 1.35. The van der Waals surface area contributed by atoms with E-state index in [2.05, 4.69) is 10.6 Å². The van der Waals surface area contributed by atoms with E-state index in [0.29, 0.717) is 12.8 Å². The van der Waals surface area contributed by atoms with Gasteiger partial charge in [-0.1, -0.05) is 55.8 Å². The average molecular weight is 494 g/mol. The number of hydrogen-bond donors (Lipinski definition) is 3. The predicted octanol–water partition coefficient (Wildman–Crippen LogP) is 2.90.